The predicted octanol–water partition coefficient (Wildman–Crippen LogP) is 5.18. The first-order valence-electron chi connectivity index (χ1n) is 8.09. The molecule has 0 radical (unpaired) electrons. The van der Waals surface area contributed by atoms with Gasteiger partial charge in [-0.2, -0.15) is 0 Å². The first-order valence-corrected chi connectivity index (χ1v) is 8.47. The third kappa shape index (κ3) is 4.28. The number of aryl methyl sites for hydroxylation is 3. The Morgan fingerprint density at radius 2 is 1.96 bits per heavy atom. The van der Waals surface area contributed by atoms with Crippen LogP contribution in [0.2, 0.25) is 5.02 Å². The highest BCUT2D eigenvalue weighted by atomic mass is 35.5. The third-order valence-corrected chi connectivity index (χ3v) is 4.39. The zero-order valence-electron chi connectivity index (χ0n) is 14.2. The molecule has 0 saturated heterocycles. The lowest BCUT2D eigenvalue weighted by Crippen LogP contribution is -2.12. The normalized spacial score (nSPS) is 10.7. The van der Waals surface area contributed by atoms with Gasteiger partial charge in [0.15, 0.2) is 11.7 Å². The Kier molecular flexibility index (Phi) is 5.19. The standard InChI is InChI=1S/C20H19ClN2O2/c1-13-7-8-15(11-14(13)2)18-12-22-20(25-18)10-9-19(24)23-17-6-4-3-5-16(17)21/h3-8,11-12H,9-10H2,1-2H3,(H,23,24). The molecule has 0 bridgehead atoms. The molecule has 1 heterocycles. The maximum Gasteiger partial charge on any atom is 0.224 e. The number of nitrogens with zero attached hydrogens (tertiary/aromatic N) is 1. The topological polar surface area (TPSA) is 55.1 Å². The molecule has 0 aliphatic carbocycles. The summed E-state index contributed by atoms with van der Waals surface area (Å²) in [6.45, 7) is 4.14. The molecule has 2 aromatic carbocycles. The van der Waals surface area contributed by atoms with E-state index in [9.17, 15) is 4.79 Å². The van der Waals surface area contributed by atoms with E-state index in [4.69, 9.17) is 16.0 Å². The predicted molar refractivity (Wildman–Crippen MR) is 99.8 cm³/mol. The van der Waals surface area contributed by atoms with Crippen LogP contribution in [0, 0.1) is 13.8 Å². The summed E-state index contributed by atoms with van der Waals surface area (Å²) in [7, 11) is 0. The van der Waals surface area contributed by atoms with Crippen molar-refractivity contribution in [2.75, 3.05) is 5.32 Å². The quantitative estimate of drug-likeness (QED) is 0.686. The van der Waals surface area contributed by atoms with Crippen molar-refractivity contribution in [3.8, 4) is 11.3 Å². The van der Waals surface area contributed by atoms with Crippen molar-refractivity contribution in [3.63, 3.8) is 0 Å². The second-order valence-electron chi connectivity index (χ2n) is 5.95. The van der Waals surface area contributed by atoms with Gasteiger partial charge in [0, 0.05) is 18.4 Å². The van der Waals surface area contributed by atoms with Crippen LogP contribution < -0.4 is 5.32 Å². The van der Waals surface area contributed by atoms with Gasteiger partial charge < -0.3 is 9.73 Å². The number of para-hydroxylation sites is 1. The van der Waals surface area contributed by atoms with E-state index >= 15 is 0 Å². The molecular formula is C20H19ClN2O2. The van der Waals surface area contributed by atoms with Gasteiger partial charge in [-0.15, -0.1) is 0 Å². The molecular weight excluding hydrogens is 336 g/mol. The molecule has 3 aromatic rings. The van der Waals surface area contributed by atoms with Crippen LogP contribution in [0.15, 0.2) is 53.1 Å². The SMILES string of the molecule is Cc1ccc(-c2cnc(CCC(=O)Nc3ccccc3Cl)o2)cc1C. The molecule has 0 saturated carbocycles. The fourth-order valence-corrected chi connectivity index (χ4v) is 2.63. The molecule has 0 fully saturated rings. The molecule has 0 unspecified atom stereocenters. The Hall–Kier alpha value is -2.59. The molecule has 5 heteroatoms. The van der Waals surface area contributed by atoms with Crippen molar-refractivity contribution in [1.82, 2.24) is 4.98 Å². The van der Waals surface area contributed by atoms with Gasteiger partial charge in [0.25, 0.3) is 0 Å². The van der Waals surface area contributed by atoms with Crippen LogP contribution in [-0.2, 0) is 11.2 Å². The Morgan fingerprint density at radius 3 is 2.72 bits per heavy atom. The van der Waals surface area contributed by atoms with Gasteiger partial charge in [-0.05, 0) is 43.2 Å². The second-order valence-corrected chi connectivity index (χ2v) is 6.35. The fraction of sp³-hybridized carbons (Fsp3) is 0.200. The van der Waals surface area contributed by atoms with E-state index in [-0.39, 0.29) is 12.3 Å². The first kappa shape index (κ1) is 17.2. The fourth-order valence-electron chi connectivity index (χ4n) is 2.45. The van der Waals surface area contributed by atoms with E-state index in [1.54, 1.807) is 18.3 Å². The Balaban J connectivity index is 1.61. The summed E-state index contributed by atoms with van der Waals surface area (Å²) in [5.74, 6) is 1.13. The molecule has 0 aliphatic rings. The lowest BCUT2D eigenvalue weighted by atomic mass is 10.1. The molecule has 128 valence electrons. The molecule has 1 N–H and O–H groups in total. The van der Waals surface area contributed by atoms with Crippen molar-refractivity contribution in [2.45, 2.75) is 26.7 Å². The molecule has 0 aliphatic heterocycles. The first-order chi connectivity index (χ1) is 12.0. The minimum Gasteiger partial charge on any atom is -0.441 e. The number of amides is 1. The van der Waals surface area contributed by atoms with E-state index in [2.05, 4.69) is 36.3 Å². The highest BCUT2D eigenvalue weighted by Gasteiger charge is 2.10. The van der Waals surface area contributed by atoms with E-state index in [0.29, 0.717) is 28.8 Å². The number of carbonyl (C=O) groups excluding carboxylic acids is 1. The molecule has 1 aromatic heterocycles. The minimum absolute atomic E-state index is 0.126. The van der Waals surface area contributed by atoms with Crippen molar-refractivity contribution in [2.24, 2.45) is 0 Å². The van der Waals surface area contributed by atoms with E-state index in [0.717, 1.165) is 5.56 Å². The van der Waals surface area contributed by atoms with Gasteiger partial charge in [-0.25, -0.2) is 4.98 Å². The number of aromatic nitrogens is 1. The number of anilines is 1. The summed E-state index contributed by atoms with van der Waals surface area (Å²) >= 11 is 6.03. The third-order valence-electron chi connectivity index (χ3n) is 4.06. The summed E-state index contributed by atoms with van der Waals surface area (Å²) in [4.78, 5) is 16.3. The number of halogens is 1. The lowest BCUT2D eigenvalue weighted by Gasteiger charge is -2.05. The summed E-state index contributed by atoms with van der Waals surface area (Å²) in [5.41, 5.74) is 4.04. The monoisotopic (exact) mass is 354 g/mol. The molecule has 0 spiro atoms. The van der Waals surface area contributed by atoms with Crippen LogP contribution in [0.1, 0.15) is 23.4 Å². The number of hydrogen-bond donors (Lipinski definition) is 1. The summed E-state index contributed by atoms with van der Waals surface area (Å²) in [6.07, 6.45) is 2.41. The number of benzene rings is 2. The highest BCUT2D eigenvalue weighted by molar-refractivity contribution is 6.33. The van der Waals surface area contributed by atoms with Crippen LogP contribution in [0.3, 0.4) is 0 Å². The van der Waals surface area contributed by atoms with E-state index < -0.39 is 0 Å². The van der Waals surface area contributed by atoms with Gasteiger partial charge in [0.2, 0.25) is 5.91 Å². The zero-order valence-corrected chi connectivity index (χ0v) is 14.9. The number of carbonyl (C=O) groups is 1. The largest absolute Gasteiger partial charge is 0.441 e. The Morgan fingerprint density at radius 1 is 1.16 bits per heavy atom. The van der Waals surface area contributed by atoms with Crippen molar-refractivity contribution in [1.29, 1.82) is 0 Å². The van der Waals surface area contributed by atoms with Gasteiger partial charge in [-0.1, -0.05) is 35.9 Å². The molecule has 3 rings (SSSR count). The van der Waals surface area contributed by atoms with Gasteiger partial charge in [0.05, 0.1) is 16.9 Å². The maximum absolute atomic E-state index is 12.1. The smallest absolute Gasteiger partial charge is 0.224 e. The highest BCUT2D eigenvalue weighted by Crippen LogP contribution is 2.24. The molecule has 4 nitrogen and oxygen atoms in total. The van der Waals surface area contributed by atoms with E-state index in [1.807, 2.05) is 18.2 Å². The maximum atomic E-state index is 12.1. The Labute approximate surface area is 151 Å². The van der Waals surface area contributed by atoms with Crippen LogP contribution in [0.25, 0.3) is 11.3 Å². The average molecular weight is 355 g/mol. The molecule has 0 atom stereocenters. The van der Waals surface area contributed by atoms with Crippen molar-refractivity contribution >= 4 is 23.2 Å². The summed E-state index contributed by atoms with van der Waals surface area (Å²) < 4.78 is 5.77. The van der Waals surface area contributed by atoms with Gasteiger partial charge in [0.1, 0.15) is 0 Å². The van der Waals surface area contributed by atoms with Crippen molar-refractivity contribution in [3.05, 3.63) is 70.7 Å². The van der Waals surface area contributed by atoms with Crippen LogP contribution in [0.5, 0.6) is 0 Å². The Bertz CT molecular complexity index is 902. The molecule has 1 amide bonds. The van der Waals surface area contributed by atoms with Crippen LogP contribution in [-0.4, -0.2) is 10.9 Å². The summed E-state index contributed by atoms with van der Waals surface area (Å²) in [5, 5.41) is 3.31. The number of nitrogens with one attached hydrogen (secondary N) is 1. The average Bonchev–Trinajstić information content (AvgIpc) is 3.07. The zero-order chi connectivity index (χ0) is 17.8. The molecule has 25 heavy (non-hydrogen) atoms. The number of oxazole rings is 1. The van der Waals surface area contributed by atoms with Gasteiger partial charge >= 0.3 is 0 Å². The minimum atomic E-state index is -0.126. The lowest BCUT2D eigenvalue weighted by molar-refractivity contribution is -0.116. The van der Waals surface area contributed by atoms with Crippen molar-refractivity contribution < 1.29 is 9.21 Å². The summed E-state index contributed by atoms with van der Waals surface area (Å²) in [6, 6.07) is 13.3. The van der Waals surface area contributed by atoms with E-state index in [1.165, 1.54) is 11.1 Å². The number of rotatable bonds is 5. The second kappa shape index (κ2) is 7.53. The van der Waals surface area contributed by atoms with Crippen LogP contribution in [0.4, 0.5) is 5.69 Å². The van der Waals surface area contributed by atoms with Crippen LogP contribution >= 0.6 is 11.6 Å². The van der Waals surface area contributed by atoms with Gasteiger partial charge in [-0.3, -0.25) is 4.79 Å². The number of hydrogen-bond acceptors (Lipinski definition) is 3.